The number of aliphatic imine (C=N–C) groups is 1. The largest absolute Gasteiger partial charge is 0.497 e. The Balaban J connectivity index is 1.54. The number of allylic oxidation sites excluding steroid dienone is 2. The van der Waals surface area contributed by atoms with E-state index in [2.05, 4.69) is 12.1 Å². The number of hydrogen-bond acceptors (Lipinski definition) is 5. The van der Waals surface area contributed by atoms with Gasteiger partial charge >= 0.3 is 5.97 Å². The predicted octanol–water partition coefficient (Wildman–Crippen LogP) is 6.15. The van der Waals surface area contributed by atoms with Gasteiger partial charge in [0.25, 0.3) is 0 Å². The van der Waals surface area contributed by atoms with Gasteiger partial charge in [-0.3, -0.25) is 14.6 Å². The third-order valence-electron chi connectivity index (χ3n) is 7.70. The smallest absolute Gasteiger partial charge is 0.315 e. The average Bonchev–Trinajstić information content (AvgIpc) is 2.88. The monoisotopic (exact) mass is 471 g/mol. The Labute approximate surface area is 207 Å². The maximum absolute atomic E-state index is 13.7. The van der Waals surface area contributed by atoms with E-state index in [1.54, 1.807) is 7.11 Å². The van der Waals surface area contributed by atoms with Crippen LogP contribution in [0.2, 0.25) is 0 Å². The minimum atomic E-state index is -0.611. The summed E-state index contributed by atoms with van der Waals surface area (Å²) in [7, 11) is 1.63. The zero-order chi connectivity index (χ0) is 24.4. The molecule has 5 heteroatoms. The Bertz CT molecular complexity index is 1160. The topological polar surface area (TPSA) is 65.0 Å². The van der Waals surface area contributed by atoms with Gasteiger partial charge in [0.1, 0.15) is 17.8 Å². The molecule has 2 aromatic carbocycles. The second-order valence-corrected chi connectivity index (χ2v) is 9.98. The number of ether oxygens (including phenoxy) is 2. The molecule has 0 N–H and O–H groups in total. The summed E-state index contributed by atoms with van der Waals surface area (Å²) in [5.74, 6) is -0.432. The normalized spacial score (nSPS) is 25.0. The number of nitrogens with zero attached hydrogens (tertiary/aromatic N) is 1. The first-order valence-electron chi connectivity index (χ1n) is 12.8. The van der Waals surface area contributed by atoms with E-state index in [0.717, 1.165) is 48.2 Å². The van der Waals surface area contributed by atoms with E-state index in [9.17, 15) is 9.59 Å². The zero-order valence-electron chi connectivity index (χ0n) is 20.5. The van der Waals surface area contributed by atoms with E-state index >= 15 is 0 Å². The van der Waals surface area contributed by atoms with Crippen LogP contribution in [0.15, 0.2) is 70.9 Å². The molecule has 0 spiro atoms. The van der Waals surface area contributed by atoms with Gasteiger partial charge in [-0.05, 0) is 68.2 Å². The van der Waals surface area contributed by atoms with Gasteiger partial charge in [-0.15, -0.1) is 0 Å². The molecule has 0 radical (unpaired) electrons. The molecule has 1 aliphatic heterocycles. The Kier molecular flexibility index (Phi) is 6.85. The van der Waals surface area contributed by atoms with E-state index < -0.39 is 11.8 Å². The van der Waals surface area contributed by atoms with Crippen molar-refractivity contribution in [3.8, 4) is 5.75 Å². The van der Waals surface area contributed by atoms with Crippen LogP contribution in [0.1, 0.15) is 74.8 Å². The van der Waals surface area contributed by atoms with Gasteiger partial charge in [0.15, 0.2) is 5.78 Å². The Morgan fingerprint density at radius 1 is 0.943 bits per heavy atom. The number of hydrogen-bond donors (Lipinski definition) is 0. The number of carbonyl (C=O) groups is 2. The quantitative estimate of drug-likeness (QED) is 0.491. The Morgan fingerprint density at radius 2 is 1.69 bits per heavy atom. The van der Waals surface area contributed by atoms with Gasteiger partial charge in [0.2, 0.25) is 0 Å². The summed E-state index contributed by atoms with van der Waals surface area (Å²) in [6.07, 6.45) is 6.24. The molecular formula is C30H33NO4. The molecule has 0 bridgehead atoms. The van der Waals surface area contributed by atoms with Crippen LogP contribution in [-0.4, -0.2) is 30.7 Å². The molecule has 35 heavy (non-hydrogen) atoms. The van der Waals surface area contributed by atoms with Crippen LogP contribution >= 0.6 is 0 Å². The number of methoxy groups -OCH3 is 1. The van der Waals surface area contributed by atoms with Crippen LogP contribution in [-0.2, 0) is 14.3 Å². The Hall–Kier alpha value is -3.21. The summed E-state index contributed by atoms with van der Waals surface area (Å²) < 4.78 is 11.5. The highest BCUT2D eigenvalue weighted by Crippen LogP contribution is 2.47. The highest BCUT2D eigenvalue weighted by molar-refractivity contribution is 6.09. The fourth-order valence-electron chi connectivity index (χ4n) is 5.94. The molecule has 1 saturated carbocycles. The van der Waals surface area contributed by atoms with Crippen LogP contribution < -0.4 is 4.74 Å². The first-order valence-corrected chi connectivity index (χ1v) is 12.8. The van der Waals surface area contributed by atoms with Gasteiger partial charge in [0, 0.05) is 29.3 Å². The molecule has 5 rings (SSSR count). The maximum Gasteiger partial charge on any atom is 0.315 e. The number of Topliss-reactive ketones (excluding diaryl/α,β-unsaturated/α-hetero) is 1. The maximum atomic E-state index is 13.7. The van der Waals surface area contributed by atoms with Crippen LogP contribution in [0.25, 0.3) is 0 Å². The van der Waals surface area contributed by atoms with E-state index in [1.165, 1.54) is 6.42 Å². The molecule has 5 nitrogen and oxygen atoms in total. The van der Waals surface area contributed by atoms with Crippen molar-refractivity contribution in [1.82, 2.24) is 0 Å². The number of ketones is 1. The zero-order valence-corrected chi connectivity index (χ0v) is 20.5. The van der Waals surface area contributed by atoms with Crippen LogP contribution in [0.5, 0.6) is 5.75 Å². The van der Waals surface area contributed by atoms with E-state index in [4.69, 9.17) is 14.5 Å². The van der Waals surface area contributed by atoms with Gasteiger partial charge in [-0.2, -0.15) is 0 Å². The average molecular weight is 472 g/mol. The molecule has 1 fully saturated rings. The van der Waals surface area contributed by atoms with Gasteiger partial charge in [-0.1, -0.05) is 48.9 Å². The number of rotatable bonds is 5. The molecule has 1 unspecified atom stereocenters. The van der Waals surface area contributed by atoms with Crippen molar-refractivity contribution in [3.05, 3.63) is 77.0 Å². The second kappa shape index (κ2) is 10.2. The number of esters is 1. The lowest BCUT2D eigenvalue weighted by Gasteiger charge is -2.37. The molecule has 3 aliphatic rings. The van der Waals surface area contributed by atoms with Crippen molar-refractivity contribution in [2.75, 3.05) is 7.11 Å². The standard InChI is InChI=1S/C30H33NO4/c1-19-27(30(33)35-23-13-7-4-8-14-23)28(21-12-9-15-24(16-21)34-2)29-25(31-19)17-22(18-26(29)32)20-10-5-3-6-11-20/h3,5-6,9-12,15-16,22-23,27-28H,4,7-8,13-14,17-18H2,1-2H3/t22-,27?,28+/m0/s1. The van der Waals surface area contributed by atoms with Crippen molar-refractivity contribution in [2.45, 2.75) is 69.8 Å². The van der Waals surface area contributed by atoms with Crippen molar-refractivity contribution < 1.29 is 19.1 Å². The predicted molar refractivity (Wildman–Crippen MR) is 136 cm³/mol. The minimum absolute atomic E-state index is 0.0464. The number of carbonyl (C=O) groups excluding carboxylic acids is 2. The summed E-state index contributed by atoms with van der Waals surface area (Å²) in [4.78, 5) is 32.2. The highest BCUT2D eigenvalue weighted by atomic mass is 16.5. The lowest BCUT2D eigenvalue weighted by atomic mass is 9.69. The first kappa shape index (κ1) is 23.5. The summed E-state index contributed by atoms with van der Waals surface area (Å²) in [5.41, 5.74) is 4.24. The molecule has 0 aromatic heterocycles. The number of benzene rings is 2. The summed E-state index contributed by atoms with van der Waals surface area (Å²) in [6.45, 7) is 1.90. The molecule has 0 amide bonds. The SMILES string of the molecule is COc1cccc([C@H]2C3=C(C[C@H](c4ccccc4)CC3=O)N=C(C)C2C(=O)OC2CCCCC2)c1. The molecule has 2 aliphatic carbocycles. The minimum Gasteiger partial charge on any atom is -0.497 e. The fourth-order valence-corrected chi connectivity index (χ4v) is 5.94. The summed E-state index contributed by atoms with van der Waals surface area (Å²) >= 11 is 0. The van der Waals surface area contributed by atoms with Gasteiger partial charge in [0.05, 0.1) is 7.11 Å². The van der Waals surface area contributed by atoms with E-state index in [-0.39, 0.29) is 23.8 Å². The summed E-state index contributed by atoms with van der Waals surface area (Å²) in [6, 6.07) is 17.9. The van der Waals surface area contributed by atoms with E-state index in [0.29, 0.717) is 24.2 Å². The fraction of sp³-hybridized carbons (Fsp3) is 0.433. The van der Waals surface area contributed by atoms with Crippen molar-refractivity contribution in [2.24, 2.45) is 10.9 Å². The first-order chi connectivity index (χ1) is 17.0. The van der Waals surface area contributed by atoms with E-state index in [1.807, 2.05) is 49.4 Å². The summed E-state index contributed by atoms with van der Waals surface area (Å²) in [5, 5.41) is 0. The van der Waals surface area contributed by atoms with Crippen LogP contribution in [0.4, 0.5) is 0 Å². The molecule has 0 saturated heterocycles. The van der Waals surface area contributed by atoms with Crippen LogP contribution in [0, 0.1) is 5.92 Å². The lowest BCUT2D eigenvalue weighted by Crippen LogP contribution is -2.39. The molecule has 1 heterocycles. The van der Waals surface area contributed by atoms with Crippen molar-refractivity contribution in [1.29, 1.82) is 0 Å². The third-order valence-corrected chi connectivity index (χ3v) is 7.70. The van der Waals surface area contributed by atoms with Crippen molar-refractivity contribution in [3.63, 3.8) is 0 Å². The molecule has 2 aromatic rings. The molecular weight excluding hydrogens is 438 g/mol. The second-order valence-electron chi connectivity index (χ2n) is 9.98. The highest BCUT2D eigenvalue weighted by Gasteiger charge is 2.45. The Morgan fingerprint density at radius 3 is 2.43 bits per heavy atom. The van der Waals surface area contributed by atoms with Crippen molar-refractivity contribution >= 4 is 17.5 Å². The van der Waals surface area contributed by atoms with Crippen LogP contribution in [0.3, 0.4) is 0 Å². The van der Waals surface area contributed by atoms with Gasteiger partial charge < -0.3 is 9.47 Å². The molecule has 182 valence electrons. The van der Waals surface area contributed by atoms with Gasteiger partial charge in [-0.25, -0.2) is 0 Å². The third kappa shape index (κ3) is 4.82. The lowest BCUT2D eigenvalue weighted by molar-refractivity contribution is -0.153. The molecule has 3 atom stereocenters.